The second kappa shape index (κ2) is 4.43. The van der Waals surface area contributed by atoms with Crippen LogP contribution in [0.25, 0.3) is 0 Å². The largest absolute Gasteiger partial charge is 0.381 e. The molecule has 76 valence electrons. The Morgan fingerprint density at radius 2 is 2.08 bits per heavy atom. The molecule has 2 aliphatic rings. The summed E-state index contributed by atoms with van der Waals surface area (Å²) in [6, 6.07) is 0. The zero-order valence-electron chi connectivity index (χ0n) is 8.59. The van der Waals surface area contributed by atoms with Gasteiger partial charge >= 0.3 is 0 Å². The second-order valence-electron chi connectivity index (χ2n) is 4.41. The van der Waals surface area contributed by atoms with E-state index in [9.17, 15) is 0 Å². The quantitative estimate of drug-likeness (QED) is 0.715. The van der Waals surface area contributed by atoms with Gasteiger partial charge in [0.2, 0.25) is 0 Å². The summed E-state index contributed by atoms with van der Waals surface area (Å²) in [6.45, 7) is 6.47. The molecule has 0 radical (unpaired) electrons. The standard InChI is InChI=1S/C11H21NO/c1-2-13-8-10-7-11(10)9-3-5-12-6-4-9/h9-12H,2-8H2,1H3/t10-,11-/m1/s1. The Hall–Kier alpha value is -0.0800. The van der Waals surface area contributed by atoms with Gasteiger partial charge in [0.25, 0.3) is 0 Å². The SMILES string of the molecule is CCOC[C@H]1C[C@@H]1C1CCNCC1. The Morgan fingerprint density at radius 1 is 1.31 bits per heavy atom. The summed E-state index contributed by atoms with van der Waals surface area (Å²) in [6.07, 6.45) is 4.23. The van der Waals surface area contributed by atoms with E-state index in [1.807, 2.05) is 0 Å². The van der Waals surface area contributed by atoms with Gasteiger partial charge in [-0.25, -0.2) is 0 Å². The van der Waals surface area contributed by atoms with E-state index in [0.29, 0.717) is 0 Å². The van der Waals surface area contributed by atoms with Gasteiger partial charge in [0.15, 0.2) is 0 Å². The van der Waals surface area contributed by atoms with Gasteiger partial charge in [0.05, 0.1) is 0 Å². The molecular weight excluding hydrogens is 162 g/mol. The van der Waals surface area contributed by atoms with E-state index in [-0.39, 0.29) is 0 Å². The number of ether oxygens (including phenoxy) is 1. The first-order valence-corrected chi connectivity index (χ1v) is 5.70. The predicted octanol–water partition coefficient (Wildman–Crippen LogP) is 1.66. The third kappa shape index (κ3) is 2.44. The molecule has 2 fully saturated rings. The second-order valence-corrected chi connectivity index (χ2v) is 4.41. The van der Waals surface area contributed by atoms with Crippen LogP contribution in [0.5, 0.6) is 0 Å². The highest BCUT2D eigenvalue weighted by Crippen LogP contribution is 2.47. The Morgan fingerprint density at radius 3 is 2.77 bits per heavy atom. The monoisotopic (exact) mass is 183 g/mol. The van der Waals surface area contributed by atoms with E-state index >= 15 is 0 Å². The number of hydrogen-bond acceptors (Lipinski definition) is 2. The Kier molecular flexibility index (Phi) is 3.23. The molecule has 1 heterocycles. The molecule has 1 saturated carbocycles. The van der Waals surface area contributed by atoms with Crippen molar-refractivity contribution in [3.63, 3.8) is 0 Å². The third-order valence-corrected chi connectivity index (χ3v) is 3.50. The summed E-state index contributed by atoms with van der Waals surface area (Å²) in [5, 5.41) is 3.42. The number of piperidine rings is 1. The molecule has 0 aromatic heterocycles. The summed E-state index contributed by atoms with van der Waals surface area (Å²) in [5.74, 6) is 2.92. The number of rotatable bonds is 4. The van der Waals surface area contributed by atoms with Crippen LogP contribution in [0.1, 0.15) is 26.2 Å². The van der Waals surface area contributed by atoms with Gasteiger partial charge < -0.3 is 10.1 Å². The fourth-order valence-electron chi connectivity index (χ4n) is 2.58. The predicted molar refractivity (Wildman–Crippen MR) is 53.7 cm³/mol. The van der Waals surface area contributed by atoms with Gasteiger partial charge in [-0.2, -0.15) is 0 Å². The number of nitrogens with one attached hydrogen (secondary N) is 1. The molecule has 1 aliphatic heterocycles. The molecule has 0 amide bonds. The zero-order valence-corrected chi connectivity index (χ0v) is 8.59. The smallest absolute Gasteiger partial charge is 0.0496 e. The van der Waals surface area contributed by atoms with E-state index in [1.54, 1.807) is 0 Å². The van der Waals surface area contributed by atoms with E-state index in [0.717, 1.165) is 31.0 Å². The van der Waals surface area contributed by atoms with Crippen LogP contribution in [0.4, 0.5) is 0 Å². The molecule has 0 unspecified atom stereocenters. The van der Waals surface area contributed by atoms with E-state index in [4.69, 9.17) is 4.74 Å². The van der Waals surface area contributed by atoms with Crippen molar-refractivity contribution in [3.05, 3.63) is 0 Å². The maximum Gasteiger partial charge on any atom is 0.0496 e. The Labute approximate surface area is 81.0 Å². The van der Waals surface area contributed by atoms with Crippen molar-refractivity contribution >= 4 is 0 Å². The topological polar surface area (TPSA) is 21.3 Å². The molecule has 0 bridgehead atoms. The summed E-state index contributed by atoms with van der Waals surface area (Å²) in [4.78, 5) is 0. The van der Waals surface area contributed by atoms with Crippen molar-refractivity contribution in [2.24, 2.45) is 17.8 Å². The maximum absolute atomic E-state index is 5.46. The van der Waals surface area contributed by atoms with Gasteiger partial charge in [-0.3, -0.25) is 0 Å². The molecular formula is C11H21NO. The Bertz CT molecular complexity index is 154. The minimum atomic E-state index is 0.884. The molecule has 1 N–H and O–H groups in total. The maximum atomic E-state index is 5.46. The fourth-order valence-corrected chi connectivity index (χ4v) is 2.58. The minimum Gasteiger partial charge on any atom is -0.381 e. The molecule has 13 heavy (non-hydrogen) atoms. The van der Waals surface area contributed by atoms with E-state index < -0.39 is 0 Å². The molecule has 2 nitrogen and oxygen atoms in total. The van der Waals surface area contributed by atoms with Gasteiger partial charge in [-0.15, -0.1) is 0 Å². The average Bonchev–Trinajstić information content (AvgIpc) is 2.95. The van der Waals surface area contributed by atoms with Crippen LogP contribution in [0.2, 0.25) is 0 Å². The molecule has 2 atom stereocenters. The van der Waals surface area contributed by atoms with Crippen LogP contribution in [0, 0.1) is 17.8 Å². The fraction of sp³-hybridized carbons (Fsp3) is 1.00. The normalized spacial score (nSPS) is 34.8. The van der Waals surface area contributed by atoms with Crippen LogP contribution in [-0.4, -0.2) is 26.3 Å². The van der Waals surface area contributed by atoms with Crippen LogP contribution >= 0.6 is 0 Å². The van der Waals surface area contributed by atoms with Gasteiger partial charge in [0.1, 0.15) is 0 Å². The highest BCUT2D eigenvalue weighted by molar-refractivity contribution is 4.92. The summed E-state index contributed by atoms with van der Waals surface area (Å²) in [7, 11) is 0. The Balaban J connectivity index is 1.66. The molecule has 2 heteroatoms. The van der Waals surface area contributed by atoms with Gasteiger partial charge in [-0.1, -0.05) is 0 Å². The summed E-state index contributed by atoms with van der Waals surface area (Å²) in [5.41, 5.74) is 0. The van der Waals surface area contributed by atoms with Crippen molar-refractivity contribution < 1.29 is 4.74 Å². The van der Waals surface area contributed by atoms with Crippen molar-refractivity contribution in [1.82, 2.24) is 5.32 Å². The zero-order chi connectivity index (χ0) is 9.10. The van der Waals surface area contributed by atoms with Crippen molar-refractivity contribution in [1.29, 1.82) is 0 Å². The summed E-state index contributed by atoms with van der Waals surface area (Å²) < 4.78 is 5.46. The molecule has 0 aromatic carbocycles. The van der Waals surface area contributed by atoms with Crippen molar-refractivity contribution in [2.75, 3.05) is 26.3 Å². The minimum absolute atomic E-state index is 0.884. The molecule has 0 spiro atoms. The lowest BCUT2D eigenvalue weighted by Crippen LogP contribution is -2.29. The number of hydrogen-bond donors (Lipinski definition) is 1. The van der Waals surface area contributed by atoms with Gasteiger partial charge in [0, 0.05) is 13.2 Å². The molecule has 0 aromatic rings. The first-order valence-electron chi connectivity index (χ1n) is 5.70. The van der Waals surface area contributed by atoms with E-state index in [2.05, 4.69) is 12.2 Å². The molecule has 1 aliphatic carbocycles. The first-order chi connectivity index (χ1) is 6.42. The average molecular weight is 183 g/mol. The van der Waals surface area contributed by atoms with Gasteiger partial charge in [-0.05, 0) is 57.0 Å². The molecule has 1 saturated heterocycles. The lowest BCUT2D eigenvalue weighted by atomic mass is 9.92. The molecule has 2 rings (SSSR count). The van der Waals surface area contributed by atoms with Crippen LogP contribution < -0.4 is 5.32 Å². The highest BCUT2D eigenvalue weighted by atomic mass is 16.5. The lowest BCUT2D eigenvalue weighted by molar-refractivity contribution is 0.128. The van der Waals surface area contributed by atoms with Crippen LogP contribution in [-0.2, 0) is 4.74 Å². The van der Waals surface area contributed by atoms with Crippen molar-refractivity contribution in [2.45, 2.75) is 26.2 Å². The third-order valence-electron chi connectivity index (χ3n) is 3.50. The van der Waals surface area contributed by atoms with Crippen LogP contribution in [0.15, 0.2) is 0 Å². The van der Waals surface area contributed by atoms with Crippen LogP contribution in [0.3, 0.4) is 0 Å². The summed E-state index contributed by atoms with van der Waals surface area (Å²) >= 11 is 0. The highest BCUT2D eigenvalue weighted by Gasteiger charge is 2.42. The lowest BCUT2D eigenvalue weighted by Gasteiger charge is -2.22. The van der Waals surface area contributed by atoms with Crippen molar-refractivity contribution in [3.8, 4) is 0 Å². The van der Waals surface area contributed by atoms with E-state index in [1.165, 1.54) is 32.4 Å². The first kappa shape index (κ1) is 9.47.